The SMILES string of the molecule is CC1NNC(C)C1CCCN(C)C(=O)C1CNNC1n1cnnn1. The Labute approximate surface area is 141 Å². The molecule has 2 aliphatic rings. The molecule has 2 fully saturated rings. The van der Waals surface area contributed by atoms with E-state index >= 15 is 0 Å². The minimum absolute atomic E-state index is 0.108. The van der Waals surface area contributed by atoms with Crippen LogP contribution in [0.2, 0.25) is 0 Å². The van der Waals surface area contributed by atoms with E-state index in [4.69, 9.17) is 0 Å². The van der Waals surface area contributed by atoms with Crippen molar-refractivity contribution in [1.82, 2.24) is 46.8 Å². The van der Waals surface area contributed by atoms with Gasteiger partial charge < -0.3 is 4.90 Å². The van der Waals surface area contributed by atoms with Gasteiger partial charge in [-0.15, -0.1) is 5.10 Å². The normalized spacial score (nSPS) is 33.0. The first-order valence-electron chi connectivity index (χ1n) is 8.55. The van der Waals surface area contributed by atoms with Gasteiger partial charge >= 0.3 is 0 Å². The molecule has 2 aliphatic heterocycles. The third kappa shape index (κ3) is 3.56. The summed E-state index contributed by atoms with van der Waals surface area (Å²) in [5, 5.41) is 11.2. The summed E-state index contributed by atoms with van der Waals surface area (Å²) in [6, 6.07) is 0.932. The minimum atomic E-state index is -0.252. The Kier molecular flexibility index (Phi) is 5.39. The Bertz CT molecular complexity index is 526. The van der Waals surface area contributed by atoms with Crippen LogP contribution in [0.4, 0.5) is 0 Å². The Morgan fingerprint density at radius 3 is 2.71 bits per heavy atom. The molecular weight excluding hydrogens is 310 g/mol. The number of nitrogens with one attached hydrogen (secondary N) is 4. The molecule has 0 spiro atoms. The van der Waals surface area contributed by atoms with Crippen molar-refractivity contribution < 1.29 is 4.79 Å². The molecule has 0 saturated carbocycles. The molecule has 0 bridgehead atoms. The quantitative estimate of drug-likeness (QED) is 0.503. The predicted octanol–water partition coefficient (Wildman–Crippen LogP) is -1.36. The highest BCUT2D eigenvalue weighted by Gasteiger charge is 2.36. The van der Waals surface area contributed by atoms with E-state index in [0.29, 0.717) is 24.5 Å². The Balaban J connectivity index is 1.49. The van der Waals surface area contributed by atoms with Crippen LogP contribution in [-0.4, -0.2) is 63.2 Å². The van der Waals surface area contributed by atoms with Gasteiger partial charge in [0, 0.05) is 32.2 Å². The molecule has 4 atom stereocenters. The maximum atomic E-state index is 12.7. The van der Waals surface area contributed by atoms with E-state index in [1.165, 1.54) is 6.33 Å². The fraction of sp³-hybridized carbons (Fsp3) is 0.857. The maximum absolute atomic E-state index is 12.7. The topological polar surface area (TPSA) is 112 Å². The maximum Gasteiger partial charge on any atom is 0.230 e. The van der Waals surface area contributed by atoms with Crippen molar-refractivity contribution >= 4 is 5.91 Å². The average molecular weight is 337 g/mol. The van der Waals surface area contributed by atoms with Gasteiger partial charge in [0.25, 0.3) is 0 Å². The first-order chi connectivity index (χ1) is 11.6. The lowest BCUT2D eigenvalue weighted by atomic mass is 9.91. The van der Waals surface area contributed by atoms with Gasteiger partial charge in [0.1, 0.15) is 12.5 Å². The van der Waals surface area contributed by atoms with Gasteiger partial charge in [-0.05, 0) is 43.0 Å². The van der Waals surface area contributed by atoms with E-state index in [1.807, 2.05) is 11.9 Å². The number of amides is 1. The van der Waals surface area contributed by atoms with Crippen LogP contribution in [-0.2, 0) is 4.79 Å². The highest BCUT2D eigenvalue weighted by molar-refractivity contribution is 5.79. The van der Waals surface area contributed by atoms with E-state index in [-0.39, 0.29) is 18.0 Å². The number of nitrogens with zero attached hydrogens (tertiary/aromatic N) is 5. The van der Waals surface area contributed by atoms with Gasteiger partial charge in [-0.25, -0.2) is 10.1 Å². The number of tetrazole rings is 1. The summed E-state index contributed by atoms with van der Waals surface area (Å²) in [4.78, 5) is 14.6. The lowest BCUT2D eigenvalue weighted by Gasteiger charge is -2.25. The molecule has 2 saturated heterocycles. The van der Waals surface area contributed by atoms with Gasteiger partial charge in [0.2, 0.25) is 5.91 Å². The molecule has 3 rings (SSSR count). The summed E-state index contributed by atoms with van der Waals surface area (Å²) in [6.07, 6.45) is 3.36. The molecule has 10 heteroatoms. The second kappa shape index (κ2) is 7.51. The third-order valence-electron chi connectivity index (χ3n) is 5.15. The Morgan fingerprint density at radius 2 is 2.04 bits per heavy atom. The predicted molar refractivity (Wildman–Crippen MR) is 87.0 cm³/mol. The van der Waals surface area contributed by atoms with Gasteiger partial charge in [0.05, 0.1) is 5.92 Å². The smallest absolute Gasteiger partial charge is 0.230 e. The van der Waals surface area contributed by atoms with E-state index in [2.05, 4.69) is 51.1 Å². The fourth-order valence-corrected chi connectivity index (χ4v) is 3.62. The number of carbonyl (C=O) groups is 1. The van der Waals surface area contributed by atoms with Crippen LogP contribution < -0.4 is 21.7 Å². The van der Waals surface area contributed by atoms with E-state index < -0.39 is 0 Å². The molecule has 0 aromatic carbocycles. The molecule has 4 N–H and O–H groups in total. The van der Waals surface area contributed by atoms with Crippen molar-refractivity contribution in [2.45, 2.75) is 44.9 Å². The van der Waals surface area contributed by atoms with Crippen molar-refractivity contribution in [3.63, 3.8) is 0 Å². The molecule has 24 heavy (non-hydrogen) atoms. The summed E-state index contributed by atoms with van der Waals surface area (Å²) < 4.78 is 1.58. The highest BCUT2D eigenvalue weighted by atomic mass is 16.2. The number of carbonyl (C=O) groups excluding carboxylic acids is 1. The summed E-state index contributed by atoms with van der Waals surface area (Å²) in [5.41, 5.74) is 12.6. The zero-order valence-electron chi connectivity index (χ0n) is 14.4. The lowest BCUT2D eigenvalue weighted by Crippen LogP contribution is -2.39. The Morgan fingerprint density at radius 1 is 1.29 bits per heavy atom. The van der Waals surface area contributed by atoms with E-state index in [0.717, 1.165) is 19.4 Å². The third-order valence-corrected chi connectivity index (χ3v) is 5.15. The largest absolute Gasteiger partial charge is 0.345 e. The molecule has 1 aromatic heterocycles. The van der Waals surface area contributed by atoms with Crippen LogP contribution in [0.15, 0.2) is 6.33 Å². The molecule has 0 aliphatic carbocycles. The second-order valence-corrected chi connectivity index (χ2v) is 6.80. The molecular formula is C14H27N9O. The number of hydrogen-bond donors (Lipinski definition) is 4. The fourth-order valence-electron chi connectivity index (χ4n) is 3.62. The summed E-state index contributed by atoms with van der Waals surface area (Å²) in [6.45, 7) is 5.72. The van der Waals surface area contributed by atoms with Crippen LogP contribution in [0.5, 0.6) is 0 Å². The summed E-state index contributed by atoms with van der Waals surface area (Å²) >= 11 is 0. The molecule has 3 heterocycles. The minimum Gasteiger partial charge on any atom is -0.345 e. The van der Waals surface area contributed by atoms with Crippen molar-refractivity contribution in [2.75, 3.05) is 20.1 Å². The van der Waals surface area contributed by atoms with Crippen molar-refractivity contribution in [3.8, 4) is 0 Å². The van der Waals surface area contributed by atoms with Gasteiger partial charge in [0.15, 0.2) is 0 Å². The summed E-state index contributed by atoms with van der Waals surface area (Å²) in [5.74, 6) is 0.486. The summed E-state index contributed by atoms with van der Waals surface area (Å²) in [7, 11) is 1.87. The zero-order chi connectivity index (χ0) is 17.1. The van der Waals surface area contributed by atoms with Crippen molar-refractivity contribution in [2.24, 2.45) is 11.8 Å². The van der Waals surface area contributed by atoms with Crippen LogP contribution in [0.3, 0.4) is 0 Å². The lowest BCUT2D eigenvalue weighted by molar-refractivity contribution is -0.135. The second-order valence-electron chi connectivity index (χ2n) is 6.80. The number of hydrazine groups is 2. The first kappa shape index (κ1) is 17.2. The van der Waals surface area contributed by atoms with Gasteiger partial charge in [-0.1, -0.05) is 0 Å². The molecule has 1 aromatic rings. The van der Waals surface area contributed by atoms with Crippen molar-refractivity contribution in [3.05, 3.63) is 6.33 Å². The monoisotopic (exact) mass is 337 g/mol. The van der Waals surface area contributed by atoms with Gasteiger partial charge in [-0.3, -0.25) is 21.1 Å². The number of rotatable bonds is 6. The average Bonchev–Trinajstić information content (AvgIpc) is 3.30. The standard InChI is InChI=1S/C14H27N9O/c1-9-11(10(2)18-17-9)5-4-6-22(3)14(24)12-7-15-19-13(12)23-8-16-20-21-23/h8-13,15,17-19H,4-7H2,1-3H3. The van der Waals surface area contributed by atoms with Crippen molar-refractivity contribution in [1.29, 1.82) is 0 Å². The van der Waals surface area contributed by atoms with Crippen LogP contribution >= 0.6 is 0 Å². The molecule has 134 valence electrons. The van der Waals surface area contributed by atoms with Crippen LogP contribution in [0, 0.1) is 11.8 Å². The zero-order valence-corrected chi connectivity index (χ0v) is 14.4. The highest BCUT2D eigenvalue weighted by Crippen LogP contribution is 2.22. The molecule has 1 amide bonds. The van der Waals surface area contributed by atoms with Crippen LogP contribution in [0.25, 0.3) is 0 Å². The Hall–Kier alpha value is -1.62. The van der Waals surface area contributed by atoms with E-state index in [1.54, 1.807) is 4.68 Å². The first-order valence-corrected chi connectivity index (χ1v) is 8.55. The number of aromatic nitrogens is 4. The van der Waals surface area contributed by atoms with Gasteiger partial charge in [-0.2, -0.15) is 0 Å². The van der Waals surface area contributed by atoms with E-state index in [9.17, 15) is 4.79 Å². The number of hydrogen-bond acceptors (Lipinski definition) is 8. The van der Waals surface area contributed by atoms with Crippen LogP contribution in [0.1, 0.15) is 32.9 Å². The molecule has 4 unspecified atom stereocenters. The molecule has 10 nitrogen and oxygen atoms in total. The molecule has 0 radical (unpaired) electrons.